The molecule has 0 aliphatic carbocycles. The molecule has 5 nitrogen and oxygen atoms in total. The molecule has 0 saturated carbocycles. The molecular formula is C12H18ClNO4S. The van der Waals surface area contributed by atoms with Gasteiger partial charge in [0.1, 0.15) is 10.6 Å². The summed E-state index contributed by atoms with van der Waals surface area (Å²) in [5.74, 6) is 0.163. The lowest BCUT2D eigenvalue weighted by Gasteiger charge is -2.21. The van der Waals surface area contributed by atoms with Crippen LogP contribution in [0.5, 0.6) is 5.75 Å². The first kappa shape index (κ1) is 16.2. The minimum Gasteiger partial charge on any atom is -0.495 e. The van der Waals surface area contributed by atoms with Crippen molar-refractivity contribution >= 4 is 21.6 Å². The first-order valence-corrected chi connectivity index (χ1v) is 7.63. The monoisotopic (exact) mass is 307 g/mol. The van der Waals surface area contributed by atoms with Crippen LogP contribution in [0.1, 0.15) is 20.3 Å². The Hall–Kier alpha value is -0.820. The van der Waals surface area contributed by atoms with Crippen LogP contribution in [0.25, 0.3) is 0 Å². The second-order valence-corrected chi connectivity index (χ2v) is 6.64. The first-order valence-electron chi connectivity index (χ1n) is 5.77. The number of nitrogens with one attached hydrogen (secondary N) is 1. The molecule has 108 valence electrons. The van der Waals surface area contributed by atoms with Gasteiger partial charge in [0.05, 0.1) is 12.7 Å². The summed E-state index contributed by atoms with van der Waals surface area (Å²) in [7, 11) is -2.39. The molecule has 0 aromatic heterocycles. The number of hydrogen-bond donors (Lipinski definition) is 2. The van der Waals surface area contributed by atoms with Gasteiger partial charge in [-0.15, -0.1) is 0 Å². The second kappa shape index (κ2) is 6.09. The zero-order valence-electron chi connectivity index (χ0n) is 11.1. The Balaban J connectivity index is 3.01. The highest BCUT2D eigenvalue weighted by Crippen LogP contribution is 2.27. The lowest BCUT2D eigenvalue weighted by molar-refractivity contribution is 0.0613. The maximum atomic E-state index is 12.1. The summed E-state index contributed by atoms with van der Waals surface area (Å²) in [4.78, 5) is -0.00805. The van der Waals surface area contributed by atoms with Gasteiger partial charge in [-0.3, -0.25) is 0 Å². The number of halogens is 1. The number of hydrogen-bond acceptors (Lipinski definition) is 4. The van der Waals surface area contributed by atoms with E-state index in [1.165, 1.54) is 25.3 Å². The SMILES string of the molecule is CCC(C)(O)CNS(=O)(=O)c1ccc(Cl)cc1OC. The van der Waals surface area contributed by atoms with Gasteiger partial charge in [-0.05, 0) is 25.5 Å². The van der Waals surface area contributed by atoms with Crippen LogP contribution in [0.15, 0.2) is 23.1 Å². The van der Waals surface area contributed by atoms with Crippen molar-refractivity contribution < 1.29 is 18.3 Å². The molecule has 0 aliphatic rings. The van der Waals surface area contributed by atoms with E-state index in [4.69, 9.17) is 16.3 Å². The van der Waals surface area contributed by atoms with Gasteiger partial charge in [-0.25, -0.2) is 13.1 Å². The van der Waals surface area contributed by atoms with E-state index in [1.54, 1.807) is 13.8 Å². The van der Waals surface area contributed by atoms with Crippen LogP contribution in [0, 0.1) is 0 Å². The summed E-state index contributed by atoms with van der Waals surface area (Å²) in [6.07, 6.45) is 0.438. The van der Waals surface area contributed by atoms with Crippen LogP contribution >= 0.6 is 11.6 Å². The lowest BCUT2D eigenvalue weighted by Crippen LogP contribution is -2.40. The van der Waals surface area contributed by atoms with Crippen molar-refractivity contribution in [3.63, 3.8) is 0 Å². The first-order chi connectivity index (χ1) is 8.72. The number of ether oxygens (including phenoxy) is 1. The summed E-state index contributed by atoms with van der Waals surface area (Å²) < 4.78 is 31.6. The summed E-state index contributed by atoms with van der Waals surface area (Å²) in [5.41, 5.74) is -1.09. The van der Waals surface area contributed by atoms with Crippen molar-refractivity contribution in [2.45, 2.75) is 30.8 Å². The van der Waals surface area contributed by atoms with Gasteiger partial charge in [0.15, 0.2) is 0 Å². The zero-order chi connectivity index (χ0) is 14.7. The van der Waals surface area contributed by atoms with Crippen molar-refractivity contribution in [3.05, 3.63) is 23.2 Å². The molecule has 0 aliphatic heterocycles. The van der Waals surface area contributed by atoms with E-state index in [0.717, 1.165) is 0 Å². The summed E-state index contributed by atoms with van der Waals surface area (Å²) >= 11 is 5.78. The Labute approximate surface area is 118 Å². The molecule has 1 aromatic rings. The summed E-state index contributed by atoms with van der Waals surface area (Å²) in [5, 5.41) is 10.2. The van der Waals surface area contributed by atoms with Crippen LogP contribution in [0.3, 0.4) is 0 Å². The third kappa shape index (κ3) is 4.35. The quantitative estimate of drug-likeness (QED) is 0.840. The van der Waals surface area contributed by atoms with E-state index >= 15 is 0 Å². The highest BCUT2D eigenvalue weighted by atomic mass is 35.5. The molecule has 1 unspecified atom stereocenters. The van der Waals surface area contributed by atoms with E-state index in [1.807, 2.05) is 0 Å². The van der Waals surface area contributed by atoms with Crippen molar-refractivity contribution in [3.8, 4) is 5.75 Å². The van der Waals surface area contributed by atoms with Gasteiger partial charge in [0.2, 0.25) is 10.0 Å². The number of benzene rings is 1. The molecule has 1 atom stereocenters. The standard InChI is InChI=1S/C12H18ClNO4S/c1-4-12(2,15)8-14-19(16,17)11-6-5-9(13)7-10(11)18-3/h5-7,14-15H,4,8H2,1-3H3. The number of methoxy groups -OCH3 is 1. The molecule has 0 heterocycles. The molecule has 19 heavy (non-hydrogen) atoms. The smallest absolute Gasteiger partial charge is 0.244 e. The molecule has 0 radical (unpaired) electrons. The predicted octanol–water partition coefficient (Wildman–Crippen LogP) is 1.79. The summed E-state index contributed by atoms with van der Waals surface area (Å²) in [6.45, 7) is 3.27. The van der Waals surface area contributed by atoms with Gasteiger partial charge in [0.25, 0.3) is 0 Å². The van der Waals surface area contributed by atoms with E-state index < -0.39 is 15.6 Å². The van der Waals surface area contributed by atoms with Gasteiger partial charge < -0.3 is 9.84 Å². The van der Waals surface area contributed by atoms with Gasteiger partial charge in [-0.1, -0.05) is 18.5 Å². The maximum absolute atomic E-state index is 12.1. The Morgan fingerprint density at radius 1 is 1.47 bits per heavy atom. The van der Waals surface area contributed by atoms with Crippen LogP contribution in [-0.2, 0) is 10.0 Å². The minimum atomic E-state index is -3.76. The number of aliphatic hydroxyl groups is 1. The van der Waals surface area contributed by atoms with Crippen molar-refractivity contribution in [2.24, 2.45) is 0 Å². The third-order valence-corrected chi connectivity index (χ3v) is 4.50. The fourth-order valence-electron chi connectivity index (χ4n) is 1.32. The largest absolute Gasteiger partial charge is 0.495 e. The molecule has 0 spiro atoms. The van der Waals surface area contributed by atoms with E-state index in [2.05, 4.69) is 4.72 Å². The topological polar surface area (TPSA) is 75.6 Å². The van der Waals surface area contributed by atoms with Crippen molar-refractivity contribution in [2.75, 3.05) is 13.7 Å². The van der Waals surface area contributed by atoms with E-state index in [0.29, 0.717) is 11.4 Å². The molecule has 0 amide bonds. The second-order valence-electron chi connectivity index (χ2n) is 4.47. The van der Waals surface area contributed by atoms with Crippen LogP contribution < -0.4 is 9.46 Å². The maximum Gasteiger partial charge on any atom is 0.244 e. The van der Waals surface area contributed by atoms with Crippen molar-refractivity contribution in [1.82, 2.24) is 4.72 Å². The normalized spacial score (nSPS) is 15.0. The average molecular weight is 308 g/mol. The van der Waals surface area contributed by atoms with Gasteiger partial charge in [0, 0.05) is 17.6 Å². The number of sulfonamides is 1. The fraction of sp³-hybridized carbons (Fsp3) is 0.500. The fourth-order valence-corrected chi connectivity index (χ4v) is 2.79. The molecule has 1 aromatic carbocycles. The van der Waals surface area contributed by atoms with Crippen LogP contribution in [0.2, 0.25) is 5.02 Å². The molecule has 2 N–H and O–H groups in total. The highest BCUT2D eigenvalue weighted by Gasteiger charge is 2.24. The van der Waals surface area contributed by atoms with Crippen molar-refractivity contribution in [1.29, 1.82) is 0 Å². The van der Waals surface area contributed by atoms with Crippen LogP contribution in [0.4, 0.5) is 0 Å². The molecule has 0 saturated heterocycles. The highest BCUT2D eigenvalue weighted by molar-refractivity contribution is 7.89. The Morgan fingerprint density at radius 2 is 2.11 bits per heavy atom. The van der Waals surface area contributed by atoms with E-state index in [9.17, 15) is 13.5 Å². The molecule has 7 heteroatoms. The number of rotatable bonds is 6. The summed E-state index contributed by atoms with van der Waals surface area (Å²) in [6, 6.07) is 4.26. The molecular weight excluding hydrogens is 290 g/mol. The molecule has 0 bridgehead atoms. The van der Waals surface area contributed by atoms with Gasteiger partial charge >= 0.3 is 0 Å². The Morgan fingerprint density at radius 3 is 2.63 bits per heavy atom. The average Bonchev–Trinajstić information content (AvgIpc) is 2.36. The Bertz CT molecular complexity index is 543. The lowest BCUT2D eigenvalue weighted by atomic mass is 10.1. The van der Waals surface area contributed by atoms with Gasteiger partial charge in [-0.2, -0.15) is 0 Å². The molecule has 1 rings (SSSR count). The van der Waals surface area contributed by atoms with E-state index in [-0.39, 0.29) is 17.2 Å². The minimum absolute atomic E-state index is 0.00805. The Kier molecular flexibility index (Phi) is 5.20. The third-order valence-electron chi connectivity index (χ3n) is 2.82. The molecule has 0 fully saturated rings. The zero-order valence-corrected chi connectivity index (χ0v) is 12.7. The van der Waals surface area contributed by atoms with Crippen LogP contribution in [-0.4, -0.2) is 32.8 Å². The predicted molar refractivity (Wildman–Crippen MR) is 74.1 cm³/mol.